The van der Waals surface area contributed by atoms with Crippen LogP contribution in [0.1, 0.15) is 18.9 Å². The Balaban J connectivity index is 2.35. The second-order valence-electron chi connectivity index (χ2n) is 3.48. The zero-order valence-electron chi connectivity index (χ0n) is 8.89. The fraction of sp³-hybridized carbons (Fsp3) is 0.385. The highest BCUT2D eigenvalue weighted by atomic mass is 16.5. The topological polar surface area (TPSA) is 29.5 Å². The van der Waals surface area contributed by atoms with Crippen LogP contribution in [-0.2, 0) is 11.3 Å². The van der Waals surface area contributed by atoms with E-state index >= 15 is 0 Å². The quantitative estimate of drug-likeness (QED) is 0.743. The fourth-order valence-corrected chi connectivity index (χ4v) is 1.20. The van der Waals surface area contributed by atoms with Gasteiger partial charge in [-0.05, 0) is 12.5 Å². The summed E-state index contributed by atoms with van der Waals surface area (Å²) in [5.41, 5.74) is 1.09. The molecular formula is C13H16O2. The average molecular weight is 204 g/mol. The number of hydrogen-bond donors (Lipinski definition) is 1. The van der Waals surface area contributed by atoms with E-state index < -0.39 is 6.10 Å². The van der Waals surface area contributed by atoms with Crippen molar-refractivity contribution >= 4 is 0 Å². The van der Waals surface area contributed by atoms with Crippen molar-refractivity contribution in [1.29, 1.82) is 0 Å². The SMILES string of the molecule is C#CC[C@@H](O)[C@H](C)OCc1ccccc1. The number of aliphatic hydroxyl groups is 1. The summed E-state index contributed by atoms with van der Waals surface area (Å²) in [6, 6.07) is 9.85. The molecule has 2 nitrogen and oxygen atoms in total. The van der Waals surface area contributed by atoms with Gasteiger partial charge in [-0.2, -0.15) is 0 Å². The molecule has 0 aliphatic carbocycles. The summed E-state index contributed by atoms with van der Waals surface area (Å²) in [7, 11) is 0. The predicted molar refractivity (Wildman–Crippen MR) is 60.1 cm³/mol. The van der Waals surface area contributed by atoms with Gasteiger partial charge in [-0.1, -0.05) is 30.3 Å². The molecule has 0 fully saturated rings. The van der Waals surface area contributed by atoms with Gasteiger partial charge in [-0.3, -0.25) is 0 Å². The first-order valence-electron chi connectivity index (χ1n) is 5.01. The molecule has 0 aromatic heterocycles. The third-order valence-electron chi connectivity index (χ3n) is 2.22. The van der Waals surface area contributed by atoms with Gasteiger partial charge in [0, 0.05) is 6.42 Å². The van der Waals surface area contributed by atoms with Gasteiger partial charge in [0.05, 0.1) is 18.8 Å². The number of hydrogen-bond acceptors (Lipinski definition) is 2. The zero-order valence-corrected chi connectivity index (χ0v) is 8.89. The van der Waals surface area contributed by atoms with Gasteiger partial charge in [-0.15, -0.1) is 12.3 Å². The molecule has 0 unspecified atom stereocenters. The molecule has 0 aliphatic heterocycles. The van der Waals surface area contributed by atoms with Crippen molar-refractivity contribution in [3.05, 3.63) is 35.9 Å². The van der Waals surface area contributed by atoms with E-state index in [4.69, 9.17) is 11.2 Å². The van der Waals surface area contributed by atoms with Crippen molar-refractivity contribution in [3.8, 4) is 12.3 Å². The molecule has 0 radical (unpaired) electrons. The lowest BCUT2D eigenvalue weighted by Crippen LogP contribution is -2.25. The number of ether oxygens (including phenoxy) is 1. The first kappa shape index (κ1) is 11.8. The molecule has 1 N–H and O–H groups in total. The smallest absolute Gasteiger partial charge is 0.0908 e. The van der Waals surface area contributed by atoms with Gasteiger partial charge in [0.15, 0.2) is 0 Å². The van der Waals surface area contributed by atoms with Crippen molar-refractivity contribution in [2.45, 2.75) is 32.2 Å². The second-order valence-corrected chi connectivity index (χ2v) is 3.48. The fourth-order valence-electron chi connectivity index (χ4n) is 1.20. The summed E-state index contributed by atoms with van der Waals surface area (Å²) in [5, 5.41) is 9.53. The van der Waals surface area contributed by atoms with E-state index in [2.05, 4.69) is 5.92 Å². The van der Waals surface area contributed by atoms with Crippen LogP contribution in [0.4, 0.5) is 0 Å². The van der Waals surface area contributed by atoms with E-state index in [1.54, 1.807) is 0 Å². The Morgan fingerprint density at radius 3 is 2.67 bits per heavy atom. The molecule has 1 aromatic rings. The minimum absolute atomic E-state index is 0.235. The molecule has 0 heterocycles. The van der Waals surface area contributed by atoms with Crippen LogP contribution in [0.3, 0.4) is 0 Å². The molecule has 0 spiro atoms. The van der Waals surface area contributed by atoms with E-state index in [-0.39, 0.29) is 6.10 Å². The molecular weight excluding hydrogens is 188 g/mol. The van der Waals surface area contributed by atoms with Crippen LogP contribution in [0.15, 0.2) is 30.3 Å². The van der Waals surface area contributed by atoms with Crippen LogP contribution in [-0.4, -0.2) is 17.3 Å². The minimum atomic E-state index is -0.585. The molecule has 1 aromatic carbocycles. The summed E-state index contributed by atoms with van der Waals surface area (Å²) < 4.78 is 5.50. The highest BCUT2D eigenvalue weighted by Crippen LogP contribution is 2.07. The maximum atomic E-state index is 9.53. The molecule has 2 heteroatoms. The van der Waals surface area contributed by atoms with E-state index in [9.17, 15) is 5.11 Å². The van der Waals surface area contributed by atoms with Gasteiger partial charge in [0.25, 0.3) is 0 Å². The minimum Gasteiger partial charge on any atom is -0.389 e. The van der Waals surface area contributed by atoms with Gasteiger partial charge in [-0.25, -0.2) is 0 Å². The molecule has 0 saturated heterocycles. The Labute approximate surface area is 90.9 Å². The Bertz CT molecular complexity index is 313. The zero-order chi connectivity index (χ0) is 11.1. The summed E-state index contributed by atoms with van der Waals surface area (Å²) >= 11 is 0. The lowest BCUT2D eigenvalue weighted by molar-refractivity contribution is -0.0325. The molecule has 0 saturated carbocycles. The molecule has 80 valence electrons. The Hall–Kier alpha value is -1.30. The Kier molecular flexibility index (Phi) is 4.89. The van der Waals surface area contributed by atoms with Crippen LogP contribution in [0.2, 0.25) is 0 Å². The second kappa shape index (κ2) is 6.23. The van der Waals surface area contributed by atoms with Crippen LogP contribution in [0.5, 0.6) is 0 Å². The number of aliphatic hydroxyl groups excluding tert-OH is 1. The lowest BCUT2D eigenvalue weighted by atomic mass is 10.1. The van der Waals surface area contributed by atoms with Crippen molar-refractivity contribution in [1.82, 2.24) is 0 Å². The summed E-state index contributed by atoms with van der Waals surface area (Å²) in [5.74, 6) is 2.42. The molecule has 0 bridgehead atoms. The average Bonchev–Trinajstić information content (AvgIpc) is 2.27. The summed E-state index contributed by atoms with van der Waals surface area (Å²) in [6.07, 6.45) is 4.62. The highest BCUT2D eigenvalue weighted by molar-refractivity contribution is 5.13. The van der Waals surface area contributed by atoms with Gasteiger partial charge < -0.3 is 9.84 Å². The van der Waals surface area contributed by atoms with Gasteiger partial charge >= 0.3 is 0 Å². The Morgan fingerprint density at radius 2 is 2.07 bits per heavy atom. The summed E-state index contributed by atoms with van der Waals surface area (Å²) in [4.78, 5) is 0. The van der Waals surface area contributed by atoms with Gasteiger partial charge in [0.2, 0.25) is 0 Å². The van der Waals surface area contributed by atoms with E-state index in [0.29, 0.717) is 13.0 Å². The summed E-state index contributed by atoms with van der Waals surface area (Å²) in [6.45, 7) is 2.33. The number of benzene rings is 1. The van der Waals surface area contributed by atoms with Crippen LogP contribution in [0, 0.1) is 12.3 Å². The van der Waals surface area contributed by atoms with Crippen LogP contribution in [0.25, 0.3) is 0 Å². The third kappa shape index (κ3) is 4.16. The largest absolute Gasteiger partial charge is 0.389 e. The predicted octanol–water partition coefficient (Wildman–Crippen LogP) is 1.98. The molecule has 1 rings (SSSR count). The van der Waals surface area contributed by atoms with Crippen molar-refractivity contribution in [3.63, 3.8) is 0 Å². The Morgan fingerprint density at radius 1 is 1.40 bits per heavy atom. The van der Waals surface area contributed by atoms with E-state index in [0.717, 1.165) is 5.56 Å². The standard InChI is InChI=1S/C13H16O2/c1-3-7-13(14)11(2)15-10-12-8-5-4-6-9-12/h1,4-6,8-9,11,13-14H,7,10H2,2H3/t11-,13+/m0/s1. The molecule has 2 atom stereocenters. The number of rotatable bonds is 5. The van der Waals surface area contributed by atoms with Crippen LogP contribution < -0.4 is 0 Å². The van der Waals surface area contributed by atoms with Gasteiger partial charge in [0.1, 0.15) is 0 Å². The maximum Gasteiger partial charge on any atom is 0.0908 e. The first-order valence-corrected chi connectivity index (χ1v) is 5.01. The van der Waals surface area contributed by atoms with Crippen molar-refractivity contribution < 1.29 is 9.84 Å². The van der Waals surface area contributed by atoms with Crippen molar-refractivity contribution in [2.75, 3.05) is 0 Å². The molecule has 15 heavy (non-hydrogen) atoms. The van der Waals surface area contributed by atoms with Crippen molar-refractivity contribution in [2.24, 2.45) is 0 Å². The first-order chi connectivity index (χ1) is 7.24. The monoisotopic (exact) mass is 204 g/mol. The highest BCUT2D eigenvalue weighted by Gasteiger charge is 2.12. The van der Waals surface area contributed by atoms with Crippen LogP contribution >= 0.6 is 0 Å². The normalized spacial score (nSPS) is 14.2. The lowest BCUT2D eigenvalue weighted by Gasteiger charge is -2.17. The molecule has 0 aliphatic rings. The number of terminal acetylenes is 1. The van der Waals surface area contributed by atoms with E-state index in [1.807, 2.05) is 37.3 Å². The van der Waals surface area contributed by atoms with E-state index in [1.165, 1.54) is 0 Å². The maximum absolute atomic E-state index is 9.53. The molecule has 0 amide bonds. The third-order valence-corrected chi connectivity index (χ3v) is 2.22.